The second-order valence-corrected chi connectivity index (χ2v) is 4.05. The third-order valence-corrected chi connectivity index (χ3v) is 3.05. The van der Waals surface area contributed by atoms with E-state index in [0.29, 0.717) is 6.54 Å². The van der Waals surface area contributed by atoms with Crippen molar-refractivity contribution in [1.29, 1.82) is 0 Å². The number of aromatic amines is 1. The van der Waals surface area contributed by atoms with Crippen molar-refractivity contribution in [3.05, 3.63) is 42.4 Å². The van der Waals surface area contributed by atoms with E-state index >= 15 is 0 Å². The molecule has 1 fully saturated rings. The van der Waals surface area contributed by atoms with Gasteiger partial charge in [0, 0.05) is 24.5 Å². The van der Waals surface area contributed by atoms with Crippen LogP contribution in [0.5, 0.6) is 0 Å². The van der Waals surface area contributed by atoms with Gasteiger partial charge in [0.05, 0.1) is 12.1 Å². The number of rotatable bonds is 2. The van der Waals surface area contributed by atoms with Crippen LogP contribution in [0.1, 0.15) is 17.9 Å². The smallest absolute Gasteiger partial charge is 0.235 e. The third kappa shape index (κ3) is 1.69. The molecule has 1 N–H and O–H groups in total. The first-order valence-corrected chi connectivity index (χ1v) is 5.57. The molecular weight excluding hydrogens is 216 g/mol. The van der Waals surface area contributed by atoms with Crippen LogP contribution < -0.4 is 4.90 Å². The molecule has 0 spiro atoms. The molecule has 0 aliphatic carbocycles. The Balaban J connectivity index is 1.86. The van der Waals surface area contributed by atoms with Gasteiger partial charge in [-0.25, -0.2) is 4.98 Å². The predicted octanol–water partition coefficient (Wildman–Crippen LogP) is 1.33. The average Bonchev–Trinajstić information content (AvgIpc) is 2.99. The normalized spacial score (nSPS) is 19.9. The third-order valence-electron chi connectivity index (χ3n) is 3.05. The largest absolute Gasteiger partial charge is 0.296 e. The Morgan fingerprint density at radius 2 is 2.35 bits per heavy atom. The number of carbonyl (C=O) groups excluding carboxylic acids is 1. The summed E-state index contributed by atoms with van der Waals surface area (Å²) in [4.78, 5) is 18.2. The summed E-state index contributed by atoms with van der Waals surface area (Å²) in [7, 11) is 0. The second kappa shape index (κ2) is 4.01. The van der Waals surface area contributed by atoms with Gasteiger partial charge >= 0.3 is 0 Å². The Kier molecular flexibility index (Phi) is 2.36. The number of amides is 1. The molecule has 1 saturated heterocycles. The molecule has 2 aromatic heterocycles. The molecule has 0 aromatic carbocycles. The molecule has 1 amide bonds. The van der Waals surface area contributed by atoms with E-state index in [0.717, 1.165) is 17.8 Å². The molecule has 1 aliphatic heterocycles. The Labute approximate surface area is 98.5 Å². The summed E-state index contributed by atoms with van der Waals surface area (Å²) >= 11 is 0. The quantitative estimate of drug-likeness (QED) is 0.843. The van der Waals surface area contributed by atoms with Crippen molar-refractivity contribution < 1.29 is 4.79 Å². The topological polar surface area (TPSA) is 61.9 Å². The van der Waals surface area contributed by atoms with E-state index in [2.05, 4.69) is 15.2 Å². The fourth-order valence-electron chi connectivity index (χ4n) is 2.18. The lowest BCUT2D eigenvalue weighted by Crippen LogP contribution is -2.26. The first-order chi connectivity index (χ1) is 8.36. The molecule has 3 rings (SSSR count). The van der Waals surface area contributed by atoms with Crippen molar-refractivity contribution in [1.82, 2.24) is 15.2 Å². The number of nitrogens with one attached hydrogen (secondary N) is 1. The van der Waals surface area contributed by atoms with E-state index in [1.807, 2.05) is 18.2 Å². The van der Waals surface area contributed by atoms with E-state index in [9.17, 15) is 4.79 Å². The highest BCUT2D eigenvalue weighted by atomic mass is 16.2. The van der Waals surface area contributed by atoms with Gasteiger partial charge in [-0.2, -0.15) is 5.10 Å². The molecule has 5 nitrogen and oxygen atoms in total. The number of anilines is 1. The fourth-order valence-corrected chi connectivity index (χ4v) is 2.18. The maximum Gasteiger partial charge on any atom is 0.235 e. The molecule has 0 bridgehead atoms. The molecule has 3 heterocycles. The summed E-state index contributed by atoms with van der Waals surface area (Å²) in [6.45, 7) is 0.714. The van der Waals surface area contributed by atoms with Gasteiger partial charge in [0.2, 0.25) is 5.91 Å². The van der Waals surface area contributed by atoms with Gasteiger partial charge in [0.15, 0.2) is 0 Å². The van der Waals surface area contributed by atoms with E-state index in [1.54, 1.807) is 23.5 Å². The van der Waals surface area contributed by atoms with Crippen LogP contribution in [0.15, 0.2) is 36.8 Å². The summed E-state index contributed by atoms with van der Waals surface area (Å²) in [5, 5.41) is 6.63. The molecule has 5 heteroatoms. The molecule has 0 radical (unpaired) electrons. The van der Waals surface area contributed by atoms with Crippen molar-refractivity contribution in [2.45, 2.75) is 12.3 Å². The minimum absolute atomic E-state index is 0.0873. The second-order valence-electron chi connectivity index (χ2n) is 4.05. The molecule has 17 heavy (non-hydrogen) atoms. The first-order valence-electron chi connectivity index (χ1n) is 5.57. The number of hydrogen-bond acceptors (Lipinski definition) is 3. The highest BCUT2D eigenvalue weighted by molar-refractivity contribution is 5.99. The van der Waals surface area contributed by atoms with Crippen LogP contribution in [0.2, 0.25) is 0 Å². The van der Waals surface area contributed by atoms with Gasteiger partial charge in [0.25, 0.3) is 0 Å². The lowest BCUT2D eigenvalue weighted by molar-refractivity contribution is -0.118. The zero-order valence-electron chi connectivity index (χ0n) is 9.21. The van der Waals surface area contributed by atoms with E-state index in [4.69, 9.17) is 0 Å². The Hall–Kier alpha value is -2.17. The zero-order valence-corrected chi connectivity index (χ0v) is 9.21. The molecular formula is C12H12N4O. The standard InChI is InChI=1S/C12H12N4O/c17-12-10(9-7-14-15-8-9)4-6-16(12)11-3-1-2-5-13-11/h1-3,5,7-8,10H,4,6H2,(H,14,15). The first kappa shape index (κ1) is 10.0. The SMILES string of the molecule is O=C1C(c2cn[nH]c2)CCN1c1ccccn1. The number of pyridine rings is 1. The van der Waals surface area contributed by atoms with Crippen LogP contribution in [0.4, 0.5) is 5.82 Å². The van der Waals surface area contributed by atoms with Crippen LogP contribution >= 0.6 is 0 Å². The molecule has 1 atom stereocenters. The van der Waals surface area contributed by atoms with Crippen LogP contribution in [0, 0.1) is 0 Å². The van der Waals surface area contributed by atoms with Gasteiger partial charge in [-0.05, 0) is 18.6 Å². The summed E-state index contributed by atoms with van der Waals surface area (Å²) in [5.41, 5.74) is 0.952. The summed E-state index contributed by atoms with van der Waals surface area (Å²) in [6.07, 6.45) is 6.01. The highest BCUT2D eigenvalue weighted by Gasteiger charge is 2.34. The van der Waals surface area contributed by atoms with Crippen molar-refractivity contribution in [3.8, 4) is 0 Å². The summed E-state index contributed by atoms with van der Waals surface area (Å²) in [6, 6.07) is 5.59. The van der Waals surface area contributed by atoms with Crippen molar-refractivity contribution in [3.63, 3.8) is 0 Å². The van der Waals surface area contributed by atoms with E-state index in [-0.39, 0.29) is 11.8 Å². The Morgan fingerprint density at radius 1 is 1.41 bits per heavy atom. The molecule has 1 aliphatic rings. The highest BCUT2D eigenvalue weighted by Crippen LogP contribution is 2.30. The minimum atomic E-state index is -0.0873. The van der Waals surface area contributed by atoms with E-state index < -0.39 is 0 Å². The molecule has 2 aromatic rings. The number of carbonyl (C=O) groups is 1. The average molecular weight is 228 g/mol. The maximum atomic E-state index is 12.2. The van der Waals surface area contributed by atoms with Gasteiger partial charge < -0.3 is 0 Å². The van der Waals surface area contributed by atoms with Gasteiger partial charge in [-0.3, -0.25) is 14.8 Å². The molecule has 0 saturated carbocycles. The van der Waals surface area contributed by atoms with Gasteiger partial charge in [0.1, 0.15) is 5.82 Å². The van der Waals surface area contributed by atoms with E-state index in [1.165, 1.54) is 0 Å². The van der Waals surface area contributed by atoms with Crippen molar-refractivity contribution >= 4 is 11.7 Å². The fraction of sp³-hybridized carbons (Fsp3) is 0.250. The number of H-pyrrole nitrogens is 1. The Bertz CT molecular complexity index is 509. The van der Waals surface area contributed by atoms with Crippen LogP contribution in [-0.4, -0.2) is 27.6 Å². The zero-order chi connectivity index (χ0) is 11.7. The number of aromatic nitrogens is 3. The monoisotopic (exact) mass is 228 g/mol. The minimum Gasteiger partial charge on any atom is -0.296 e. The lowest BCUT2D eigenvalue weighted by atomic mass is 10.0. The van der Waals surface area contributed by atoms with Crippen molar-refractivity contribution in [2.24, 2.45) is 0 Å². The van der Waals surface area contributed by atoms with Gasteiger partial charge in [-0.15, -0.1) is 0 Å². The van der Waals surface area contributed by atoms with Crippen LogP contribution in [0.25, 0.3) is 0 Å². The molecule has 1 unspecified atom stereocenters. The van der Waals surface area contributed by atoms with Gasteiger partial charge in [-0.1, -0.05) is 6.07 Å². The maximum absolute atomic E-state index is 12.2. The van der Waals surface area contributed by atoms with Crippen molar-refractivity contribution in [2.75, 3.05) is 11.4 Å². The lowest BCUT2D eigenvalue weighted by Gasteiger charge is -2.14. The Morgan fingerprint density at radius 3 is 3.06 bits per heavy atom. The predicted molar refractivity (Wildman–Crippen MR) is 62.5 cm³/mol. The molecule has 86 valence electrons. The summed E-state index contributed by atoms with van der Waals surface area (Å²) in [5.74, 6) is 0.740. The van der Waals surface area contributed by atoms with Crippen LogP contribution in [0.3, 0.4) is 0 Å². The number of hydrogen-bond donors (Lipinski definition) is 1. The number of nitrogens with zero attached hydrogens (tertiary/aromatic N) is 3. The summed E-state index contributed by atoms with van der Waals surface area (Å²) < 4.78 is 0. The van der Waals surface area contributed by atoms with Crippen LogP contribution in [-0.2, 0) is 4.79 Å².